The summed E-state index contributed by atoms with van der Waals surface area (Å²) in [6.45, 7) is 3.72. The van der Waals surface area contributed by atoms with Crippen molar-refractivity contribution in [2.45, 2.75) is 13.8 Å². The SMILES string of the molecule is Cc1cccc(Oc2ccc(-c3nc(C)c(C(=O)O)s3)cc2)c1. The van der Waals surface area contributed by atoms with Gasteiger partial charge in [-0.25, -0.2) is 9.78 Å². The lowest BCUT2D eigenvalue weighted by atomic mass is 10.2. The molecule has 0 bridgehead atoms. The minimum Gasteiger partial charge on any atom is -0.477 e. The summed E-state index contributed by atoms with van der Waals surface area (Å²) in [5.74, 6) is 0.577. The fourth-order valence-electron chi connectivity index (χ4n) is 2.20. The Morgan fingerprint density at radius 2 is 1.83 bits per heavy atom. The predicted molar refractivity (Wildman–Crippen MR) is 90.5 cm³/mol. The van der Waals surface area contributed by atoms with Crippen LogP contribution in [0.2, 0.25) is 0 Å². The molecule has 0 spiro atoms. The number of rotatable bonds is 4. The molecule has 1 N–H and O–H groups in total. The van der Waals surface area contributed by atoms with Crippen LogP contribution in [0.1, 0.15) is 20.9 Å². The summed E-state index contributed by atoms with van der Waals surface area (Å²) in [4.78, 5) is 15.7. The number of hydrogen-bond donors (Lipinski definition) is 1. The summed E-state index contributed by atoms with van der Waals surface area (Å²) in [5, 5.41) is 9.80. The molecule has 0 unspecified atom stereocenters. The zero-order chi connectivity index (χ0) is 16.4. The highest BCUT2D eigenvalue weighted by atomic mass is 32.1. The Balaban J connectivity index is 1.82. The van der Waals surface area contributed by atoms with Crippen LogP contribution in [0.25, 0.3) is 10.6 Å². The lowest BCUT2D eigenvalue weighted by Crippen LogP contribution is -1.94. The Morgan fingerprint density at radius 3 is 2.43 bits per heavy atom. The van der Waals surface area contributed by atoms with Crippen LogP contribution in [-0.2, 0) is 0 Å². The molecular formula is C18H15NO3S. The number of aromatic nitrogens is 1. The second-order valence-electron chi connectivity index (χ2n) is 5.18. The quantitative estimate of drug-likeness (QED) is 0.740. The molecule has 3 rings (SSSR count). The van der Waals surface area contributed by atoms with Crippen molar-refractivity contribution < 1.29 is 14.6 Å². The second kappa shape index (κ2) is 6.22. The van der Waals surface area contributed by atoms with Gasteiger partial charge in [0.2, 0.25) is 0 Å². The summed E-state index contributed by atoms with van der Waals surface area (Å²) in [6.07, 6.45) is 0. The maximum atomic E-state index is 11.1. The van der Waals surface area contributed by atoms with E-state index in [-0.39, 0.29) is 4.88 Å². The summed E-state index contributed by atoms with van der Waals surface area (Å²) >= 11 is 1.18. The van der Waals surface area contributed by atoms with Crippen molar-refractivity contribution >= 4 is 17.3 Å². The molecule has 0 aliphatic heterocycles. The molecule has 0 atom stereocenters. The Morgan fingerprint density at radius 1 is 1.09 bits per heavy atom. The van der Waals surface area contributed by atoms with Crippen molar-refractivity contribution in [2.75, 3.05) is 0 Å². The molecule has 0 aliphatic rings. The Kier molecular flexibility index (Phi) is 4.12. The van der Waals surface area contributed by atoms with Crippen LogP contribution in [0.3, 0.4) is 0 Å². The van der Waals surface area contributed by atoms with Crippen LogP contribution in [0.4, 0.5) is 0 Å². The van der Waals surface area contributed by atoms with E-state index in [0.29, 0.717) is 10.7 Å². The zero-order valence-electron chi connectivity index (χ0n) is 12.7. The average molecular weight is 325 g/mol. The first-order valence-electron chi connectivity index (χ1n) is 7.08. The Hall–Kier alpha value is -2.66. The van der Waals surface area contributed by atoms with Crippen LogP contribution in [0.5, 0.6) is 11.5 Å². The van der Waals surface area contributed by atoms with Crippen molar-refractivity contribution in [3.63, 3.8) is 0 Å². The third kappa shape index (κ3) is 3.40. The maximum absolute atomic E-state index is 11.1. The number of nitrogens with zero attached hydrogens (tertiary/aromatic N) is 1. The van der Waals surface area contributed by atoms with E-state index in [1.54, 1.807) is 6.92 Å². The molecule has 0 fully saturated rings. The molecule has 0 radical (unpaired) electrons. The van der Waals surface area contributed by atoms with Gasteiger partial charge in [0.05, 0.1) is 5.69 Å². The second-order valence-corrected chi connectivity index (χ2v) is 6.18. The first-order chi connectivity index (χ1) is 11.0. The molecule has 0 aliphatic carbocycles. The smallest absolute Gasteiger partial charge is 0.347 e. The van der Waals surface area contributed by atoms with Crippen molar-refractivity contribution in [3.8, 4) is 22.1 Å². The Bertz CT molecular complexity index is 853. The summed E-state index contributed by atoms with van der Waals surface area (Å²) < 4.78 is 5.81. The normalized spacial score (nSPS) is 10.5. The first-order valence-corrected chi connectivity index (χ1v) is 7.90. The zero-order valence-corrected chi connectivity index (χ0v) is 13.6. The van der Waals surface area contributed by atoms with Gasteiger partial charge in [0.15, 0.2) is 0 Å². The van der Waals surface area contributed by atoms with E-state index in [0.717, 1.165) is 22.6 Å². The van der Waals surface area contributed by atoms with E-state index in [1.165, 1.54) is 11.3 Å². The number of carboxylic acids is 1. The summed E-state index contributed by atoms with van der Waals surface area (Å²) in [7, 11) is 0. The number of aromatic carboxylic acids is 1. The van der Waals surface area contributed by atoms with E-state index in [1.807, 2.05) is 55.5 Å². The highest BCUT2D eigenvalue weighted by molar-refractivity contribution is 7.17. The van der Waals surface area contributed by atoms with Gasteiger partial charge in [-0.15, -0.1) is 11.3 Å². The number of benzene rings is 2. The standard InChI is InChI=1S/C18H15NO3S/c1-11-4-3-5-15(10-11)22-14-8-6-13(7-9-14)17-19-12(2)16(23-17)18(20)21/h3-10H,1-2H3,(H,20,21). The number of carbonyl (C=O) groups is 1. The molecule has 1 heterocycles. The van der Waals surface area contributed by atoms with Gasteiger partial charge in [-0.05, 0) is 55.8 Å². The molecule has 2 aromatic carbocycles. The van der Waals surface area contributed by atoms with Crippen LogP contribution in [-0.4, -0.2) is 16.1 Å². The third-order valence-corrected chi connectivity index (χ3v) is 4.51. The van der Waals surface area contributed by atoms with Gasteiger partial charge in [-0.3, -0.25) is 0 Å². The van der Waals surface area contributed by atoms with E-state index in [9.17, 15) is 4.79 Å². The number of ether oxygens (including phenoxy) is 1. The molecule has 5 heteroatoms. The molecule has 1 aromatic heterocycles. The largest absolute Gasteiger partial charge is 0.477 e. The van der Waals surface area contributed by atoms with E-state index in [2.05, 4.69) is 4.98 Å². The minimum atomic E-state index is -0.939. The highest BCUT2D eigenvalue weighted by Crippen LogP contribution is 2.30. The number of aryl methyl sites for hydroxylation is 2. The van der Waals surface area contributed by atoms with Crippen LogP contribution in [0, 0.1) is 13.8 Å². The molecular weight excluding hydrogens is 310 g/mol. The van der Waals surface area contributed by atoms with Crippen LogP contribution < -0.4 is 4.74 Å². The molecule has 0 saturated carbocycles. The van der Waals surface area contributed by atoms with Gasteiger partial charge in [-0.2, -0.15) is 0 Å². The fraction of sp³-hybridized carbons (Fsp3) is 0.111. The van der Waals surface area contributed by atoms with Crippen LogP contribution >= 0.6 is 11.3 Å². The number of thiazole rings is 1. The molecule has 116 valence electrons. The van der Waals surface area contributed by atoms with Gasteiger partial charge in [0.1, 0.15) is 21.4 Å². The van der Waals surface area contributed by atoms with Crippen LogP contribution in [0.15, 0.2) is 48.5 Å². The van der Waals surface area contributed by atoms with Crippen molar-refractivity contribution in [2.24, 2.45) is 0 Å². The monoisotopic (exact) mass is 325 g/mol. The number of carboxylic acid groups (broad SMARTS) is 1. The minimum absolute atomic E-state index is 0.278. The number of hydrogen-bond acceptors (Lipinski definition) is 4. The molecule has 3 aromatic rings. The summed E-state index contributed by atoms with van der Waals surface area (Å²) in [6, 6.07) is 15.3. The first kappa shape index (κ1) is 15.2. The maximum Gasteiger partial charge on any atom is 0.347 e. The molecule has 0 saturated heterocycles. The van der Waals surface area contributed by atoms with Gasteiger partial charge < -0.3 is 9.84 Å². The van der Waals surface area contributed by atoms with Crippen molar-refractivity contribution in [1.29, 1.82) is 0 Å². The lowest BCUT2D eigenvalue weighted by molar-refractivity contribution is 0.0701. The molecule has 4 nitrogen and oxygen atoms in total. The van der Waals surface area contributed by atoms with Gasteiger partial charge in [0, 0.05) is 5.56 Å². The molecule has 0 amide bonds. The Labute approximate surface area is 138 Å². The van der Waals surface area contributed by atoms with E-state index < -0.39 is 5.97 Å². The third-order valence-electron chi connectivity index (χ3n) is 3.32. The topological polar surface area (TPSA) is 59.4 Å². The highest BCUT2D eigenvalue weighted by Gasteiger charge is 2.14. The summed E-state index contributed by atoms with van der Waals surface area (Å²) in [5.41, 5.74) is 2.55. The van der Waals surface area contributed by atoms with Gasteiger partial charge >= 0.3 is 5.97 Å². The van der Waals surface area contributed by atoms with Crippen molar-refractivity contribution in [3.05, 3.63) is 64.7 Å². The van der Waals surface area contributed by atoms with E-state index in [4.69, 9.17) is 9.84 Å². The predicted octanol–water partition coefficient (Wildman–Crippen LogP) is 4.92. The van der Waals surface area contributed by atoms with Gasteiger partial charge in [0.25, 0.3) is 0 Å². The average Bonchev–Trinajstić information content (AvgIpc) is 2.90. The fourth-order valence-corrected chi connectivity index (χ4v) is 3.11. The lowest BCUT2D eigenvalue weighted by Gasteiger charge is -2.06. The molecule has 23 heavy (non-hydrogen) atoms. The van der Waals surface area contributed by atoms with Gasteiger partial charge in [-0.1, -0.05) is 12.1 Å². The van der Waals surface area contributed by atoms with E-state index >= 15 is 0 Å². The van der Waals surface area contributed by atoms with Crippen molar-refractivity contribution in [1.82, 2.24) is 4.98 Å².